The van der Waals surface area contributed by atoms with E-state index in [1.807, 2.05) is 11.9 Å². The van der Waals surface area contributed by atoms with Crippen LogP contribution in [0.15, 0.2) is 53.4 Å². The molecule has 0 fully saturated rings. The summed E-state index contributed by atoms with van der Waals surface area (Å²) in [6.45, 7) is 6.72. The highest BCUT2D eigenvalue weighted by Crippen LogP contribution is 2.27. The molecule has 0 spiro atoms. The summed E-state index contributed by atoms with van der Waals surface area (Å²) < 4.78 is 2.45. The molecule has 0 amide bonds. The molecule has 2 nitrogen and oxygen atoms in total. The van der Waals surface area contributed by atoms with Gasteiger partial charge in [0.25, 0.3) is 0 Å². The smallest absolute Gasteiger partial charge is 0.120 e. The van der Waals surface area contributed by atoms with Crippen molar-refractivity contribution in [2.45, 2.75) is 50.8 Å². The van der Waals surface area contributed by atoms with Gasteiger partial charge in [-0.05, 0) is 66.5 Å². The summed E-state index contributed by atoms with van der Waals surface area (Å²) in [4.78, 5) is 11.7. The molecule has 0 N–H and O–H groups in total. The Hall–Kier alpha value is -1.58. The molecular formula is C22H29NOS. The maximum atomic E-state index is 10.4. The maximum absolute atomic E-state index is 10.4. The van der Waals surface area contributed by atoms with Gasteiger partial charge in [0.15, 0.2) is 0 Å². The summed E-state index contributed by atoms with van der Waals surface area (Å²) in [7, 11) is 0. The molecule has 0 atom stereocenters. The summed E-state index contributed by atoms with van der Waals surface area (Å²) in [6.07, 6.45) is 5.92. The number of carbonyl (C=O) groups is 1. The first-order valence-corrected chi connectivity index (χ1v) is 10.1. The van der Waals surface area contributed by atoms with Crippen LogP contribution < -0.4 is 0 Å². The number of aldehydes is 1. The highest BCUT2D eigenvalue weighted by molar-refractivity contribution is 7.97. The minimum Gasteiger partial charge on any atom is -0.303 e. The third kappa shape index (κ3) is 6.68. The fraction of sp³-hybridized carbons (Fsp3) is 0.409. The number of aryl methyl sites for hydroxylation is 1. The highest BCUT2D eigenvalue weighted by Gasteiger charge is 2.06. The number of carbonyl (C=O) groups excluding carboxylic acids is 1. The van der Waals surface area contributed by atoms with Gasteiger partial charge < -0.3 is 4.79 Å². The van der Waals surface area contributed by atoms with E-state index in [9.17, 15) is 4.79 Å². The van der Waals surface area contributed by atoms with Crippen LogP contribution in [0.25, 0.3) is 11.1 Å². The van der Waals surface area contributed by atoms with Gasteiger partial charge in [0.05, 0.1) is 0 Å². The lowest BCUT2D eigenvalue weighted by Crippen LogP contribution is -2.17. The van der Waals surface area contributed by atoms with Crippen molar-refractivity contribution in [1.29, 1.82) is 0 Å². The van der Waals surface area contributed by atoms with Crippen molar-refractivity contribution in [3.05, 3.63) is 54.1 Å². The summed E-state index contributed by atoms with van der Waals surface area (Å²) in [5, 5.41) is 0. The van der Waals surface area contributed by atoms with Crippen LogP contribution in [0.1, 0.15) is 45.1 Å². The zero-order chi connectivity index (χ0) is 17.9. The van der Waals surface area contributed by atoms with E-state index in [4.69, 9.17) is 0 Å². The summed E-state index contributed by atoms with van der Waals surface area (Å²) in [5.74, 6) is 0. The van der Waals surface area contributed by atoms with Gasteiger partial charge in [0.2, 0.25) is 0 Å². The molecule has 0 aromatic heterocycles. The van der Waals surface area contributed by atoms with Gasteiger partial charge >= 0.3 is 0 Å². The predicted octanol–water partition coefficient (Wildman–Crippen LogP) is 6.00. The quantitative estimate of drug-likeness (QED) is 0.280. The van der Waals surface area contributed by atoms with Crippen molar-refractivity contribution in [2.75, 3.05) is 13.1 Å². The summed E-state index contributed by atoms with van der Waals surface area (Å²) in [5.41, 5.74) is 3.79. The number of unbranched alkanes of at least 4 members (excludes halogenated alkanes) is 1. The minimum absolute atomic E-state index is 0.647. The van der Waals surface area contributed by atoms with Crippen LogP contribution in [0.4, 0.5) is 0 Å². The van der Waals surface area contributed by atoms with Crippen LogP contribution in [-0.2, 0) is 11.2 Å². The molecule has 3 heteroatoms. The van der Waals surface area contributed by atoms with E-state index in [1.54, 1.807) is 0 Å². The Morgan fingerprint density at radius 3 is 1.96 bits per heavy atom. The fourth-order valence-corrected chi connectivity index (χ4v) is 3.92. The normalized spacial score (nSPS) is 11.0. The average molecular weight is 356 g/mol. The van der Waals surface area contributed by atoms with E-state index in [2.05, 4.69) is 66.7 Å². The molecule has 25 heavy (non-hydrogen) atoms. The van der Waals surface area contributed by atoms with E-state index < -0.39 is 0 Å². The Bertz CT molecular complexity index is 615. The number of hydrogen-bond donors (Lipinski definition) is 0. The first-order valence-electron chi connectivity index (χ1n) is 9.32. The summed E-state index contributed by atoms with van der Waals surface area (Å²) in [6, 6.07) is 17.6. The average Bonchev–Trinajstić information content (AvgIpc) is 2.64. The number of rotatable bonds is 11. The fourth-order valence-electron chi connectivity index (χ4n) is 2.81. The molecule has 0 radical (unpaired) electrons. The van der Waals surface area contributed by atoms with Crippen molar-refractivity contribution in [3.8, 4) is 11.1 Å². The van der Waals surface area contributed by atoms with Gasteiger partial charge in [-0.2, -0.15) is 0 Å². The second kappa shape index (κ2) is 11.1. The van der Waals surface area contributed by atoms with Crippen LogP contribution in [-0.4, -0.2) is 23.7 Å². The molecule has 0 aliphatic rings. The van der Waals surface area contributed by atoms with Gasteiger partial charge in [-0.3, -0.25) is 0 Å². The Kier molecular flexibility index (Phi) is 8.78. The molecule has 0 unspecified atom stereocenters. The molecule has 0 aliphatic carbocycles. The van der Waals surface area contributed by atoms with Crippen molar-refractivity contribution in [3.63, 3.8) is 0 Å². The number of hydrogen-bond acceptors (Lipinski definition) is 3. The lowest BCUT2D eigenvalue weighted by Gasteiger charge is -2.19. The zero-order valence-electron chi connectivity index (χ0n) is 15.4. The standard InChI is InChI=1S/C22H29NOS/c1-3-16-23(17-4-2)25-22-14-12-21(13-15-22)20-10-8-19(9-11-20)7-5-6-18-24/h8-15,18H,3-7,16-17H2,1-2H3. The topological polar surface area (TPSA) is 20.3 Å². The van der Waals surface area contributed by atoms with Crippen LogP contribution in [0.5, 0.6) is 0 Å². The van der Waals surface area contributed by atoms with Gasteiger partial charge in [-0.1, -0.05) is 50.2 Å². The Labute approximate surface area is 156 Å². The highest BCUT2D eigenvalue weighted by atomic mass is 32.2. The van der Waals surface area contributed by atoms with Crippen molar-refractivity contribution in [1.82, 2.24) is 4.31 Å². The first kappa shape index (κ1) is 19.7. The van der Waals surface area contributed by atoms with E-state index in [0.717, 1.165) is 32.2 Å². The number of benzene rings is 2. The lowest BCUT2D eigenvalue weighted by molar-refractivity contribution is -0.107. The Morgan fingerprint density at radius 2 is 1.44 bits per heavy atom. The van der Waals surface area contributed by atoms with Gasteiger partial charge in [0, 0.05) is 24.4 Å². The van der Waals surface area contributed by atoms with Gasteiger partial charge in [0.1, 0.15) is 6.29 Å². The second-order valence-electron chi connectivity index (χ2n) is 6.30. The lowest BCUT2D eigenvalue weighted by atomic mass is 10.0. The molecule has 0 aliphatic heterocycles. The molecular weight excluding hydrogens is 326 g/mol. The van der Waals surface area contributed by atoms with Crippen LogP contribution in [0.2, 0.25) is 0 Å². The molecule has 2 aromatic rings. The van der Waals surface area contributed by atoms with E-state index >= 15 is 0 Å². The van der Waals surface area contributed by atoms with E-state index in [0.29, 0.717) is 6.42 Å². The second-order valence-corrected chi connectivity index (χ2v) is 7.47. The predicted molar refractivity (Wildman–Crippen MR) is 109 cm³/mol. The molecule has 0 saturated carbocycles. The Morgan fingerprint density at radius 1 is 0.880 bits per heavy atom. The zero-order valence-corrected chi connectivity index (χ0v) is 16.2. The third-order valence-electron chi connectivity index (χ3n) is 4.11. The Balaban J connectivity index is 1.97. The van der Waals surface area contributed by atoms with E-state index in [-0.39, 0.29) is 0 Å². The molecule has 2 aromatic carbocycles. The number of nitrogens with zero attached hydrogens (tertiary/aromatic N) is 1. The molecule has 134 valence electrons. The van der Waals surface area contributed by atoms with Crippen molar-refractivity contribution >= 4 is 18.2 Å². The largest absolute Gasteiger partial charge is 0.303 e. The maximum Gasteiger partial charge on any atom is 0.120 e. The third-order valence-corrected chi connectivity index (χ3v) is 5.22. The van der Waals surface area contributed by atoms with Crippen LogP contribution in [0, 0.1) is 0 Å². The SMILES string of the molecule is CCCN(CCC)Sc1ccc(-c2ccc(CCCC=O)cc2)cc1. The molecule has 0 bridgehead atoms. The molecule has 2 rings (SSSR count). The first-order chi connectivity index (χ1) is 12.3. The molecule has 0 heterocycles. The molecule has 0 saturated heterocycles. The van der Waals surface area contributed by atoms with Crippen molar-refractivity contribution in [2.24, 2.45) is 0 Å². The monoisotopic (exact) mass is 355 g/mol. The van der Waals surface area contributed by atoms with Crippen LogP contribution >= 0.6 is 11.9 Å². The van der Waals surface area contributed by atoms with Gasteiger partial charge in [-0.15, -0.1) is 0 Å². The minimum atomic E-state index is 0.647. The van der Waals surface area contributed by atoms with E-state index in [1.165, 1.54) is 34.4 Å². The van der Waals surface area contributed by atoms with Gasteiger partial charge in [-0.25, -0.2) is 4.31 Å². The van der Waals surface area contributed by atoms with Crippen LogP contribution in [0.3, 0.4) is 0 Å². The van der Waals surface area contributed by atoms with Crippen molar-refractivity contribution < 1.29 is 4.79 Å². The summed E-state index contributed by atoms with van der Waals surface area (Å²) >= 11 is 1.86.